The third-order valence-corrected chi connectivity index (χ3v) is 9.02. The van der Waals surface area contributed by atoms with Crippen LogP contribution in [-0.2, 0) is 15.0 Å². The summed E-state index contributed by atoms with van der Waals surface area (Å²) in [5.41, 5.74) is 5.28. The fourth-order valence-electron chi connectivity index (χ4n) is 7.28. The Kier molecular flexibility index (Phi) is 6.17. The molecule has 1 saturated heterocycles. The summed E-state index contributed by atoms with van der Waals surface area (Å²) in [5.74, 6) is -3.26. The lowest BCUT2D eigenvalue weighted by Gasteiger charge is -2.52. The average molecular weight is 587 g/mol. The van der Waals surface area contributed by atoms with Crippen LogP contribution in [0, 0.1) is 28.9 Å². The summed E-state index contributed by atoms with van der Waals surface area (Å²) in [5, 5.41) is 16.5. The second-order valence-electron chi connectivity index (χ2n) is 11.2. The van der Waals surface area contributed by atoms with Gasteiger partial charge in [-0.1, -0.05) is 60.7 Å². The van der Waals surface area contributed by atoms with Crippen molar-refractivity contribution in [1.29, 1.82) is 0 Å². The second kappa shape index (κ2) is 9.98. The number of ether oxygens (including phenoxy) is 1. The lowest BCUT2D eigenvalue weighted by Crippen LogP contribution is -2.54. The minimum Gasteiger partial charge on any atom is -0.497 e. The number of hydrazone groups is 1. The topological polar surface area (TPSA) is 131 Å². The molecule has 4 aliphatic rings. The lowest BCUT2D eigenvalue weighted by atomic mass is 9.47. The molecule has 4 aromatic carbocycles. The van der Waals surface area contributed by atoms with Crippen LogP contribution in [0.2, 0.25) is 0 Å². The number of rotatable bonds is 6. The molecule has 1 aliphatic heterocycles. The molecule has 10 heteroatoms. The van der Waals surface area contributed by atoms with Crippen LogP contribution in [0.3, 0.4) is 0 Å². The number of hydrogen-bond acceptors (Lipinski definition) is 7. The summed E-state index contributed by atoms with van der Waals surface area (Å²) in [6.07, 6.45) is 1.55. The van der Waals surface area contributed by atoms with Crippen molar-refractivity contribution >= 4 is 35.3 Å². The Morgan fingerprint density at radius 1 is 0.955 bits per heavy atom. The van der Waals surface area contributed by atoms with Gasteiger partial charge in [0.25, 0.3) is 11.6 Å². The molecular formula is C34H26N4O6. The molecule has 44 heavy (non-hydrogen) atoms. The van der Waals surface area contributed by atoms with E-state index in [9.17, 15) is 24.5 Å². The predicted octanol–water partition coefficient (Wildman–Crippen LogP) is 4.88. The van der Waals surface area contributed by atoms with Gasteiger partial charge in [-0.3, -0.25) is 24.5 Å². The first-order chi connectivity index (χ1) is 21.3. The molecule has 0 saturated carbocycles. The average Bonchev–Trinajstić information content (AvgIpc) is 3.31. The molecule has 3 aliphatic carbocycles. The molecule has 4 aromatic rings. The number of anilines is 1. The molecule has 2 bridgehead atoms. The number of aryl methyl sites for hydroxylation is 1. The maximum atomic E-state index is 14.5. The third kappa shape index (κ3) is 3.73. The maximum absolute atomic E-state index is 14.5. The van der Waals surface area contributed by atoms with E-state index in [1.54, 1.807) is 43.5 Å². The van der Waals surface area contributed by atoms with Crippen molar-refractivity contribution in [2.75, 3.05) is 12.0 Å². The highest BCUT2D eigenvalue weighted by atomic mass is 16.6. The van der Waals surface area contributed by atoms with Gasteiger partial charge in [0.2, 0.25) is 11.8 Å². The summed E-state index contributed by atoms with van der Waals surface area (Å²) in [6, 6.07) is 26.3. The van der Waals surface area contributed by atoms with E-state index >= 15 is 0 Å². The molecule has 0 unspecified atom stereocenters. The number of amides is 3. The number of carbonyl (C=O) groups excluding carboxylic acids is 3. The number of hydrogen-bond donors (Lipinski definition) is 1. The van der Waals surface area contributed by atoms with Gasteiger partial charge < -0.3 is 4.74 Å². The first kappa shape index (κ1) is 27.2. The molecular weight excluding hydrogens is 560 g/mol. The highest BCUT2D eigenvalue weighted by molar-refractivity contribution is 6.25. The second-order valence-corrected chi connectivity index (χ2v) is 11.2. The molecule has 1 heterocycles. The molecule has 0 spiro atoms. The zero-order chi connectivity index (χ0) is 30.7. The molecule has 0 radical (unpaired) electrons. The number of benzene rings is 4. The Labute approximate surface area is 252 Å². The van der Waals surface area contributed by atoms with E-state index in [-0.39, 0.29) is 11.4 Å². The van der Waals surface area contributed by atoms with Gasteiger partial charge in [-0.05, 0) is 59.0 Å². The third-order valence-electron chi connectivity index (χ3n) is 9.02. The number of nitro benzene ring substituents is 1. The predicted molar refractivity (Wildman–Crippen MR) is 162 cm³/mol. The number of nitrogens with one attached hydrogen (secondary N) is 1. The summed E-state index contributed by atoms with van der Waals surface area (Å²) >= 11 is 0. The Bertz CT molecular complexity index is 1890. The SMILES string of the molecule is COc1cccc(C(=O)N/N=C\C23c4ccccc4C(c4ccccc42)[C@H]2C(=O)N(c4ccc(C)cc4[N+](=O)[O-])C(=O)[C@H]23)c1. The van der Waals surface area contributed by atoms with E-state index in [0.29, 0.717) is 16.9 Å². The zero-order valence-electron chi connectivity index (χ0n) is 23.8. The summed E-state index contributed by atoms with van der Waals surface area (Å²) in [4.78, 5) is 54.4. The monoisotopic (exact) mass is 586 g/mol. The Hall–Kier alpha value is -5.64. The highest BCUT2D eigenvalue weighted by Crippen LogP contribution is 2.64. The fourth-order valence-corrected chi connectivity index (χ4v) is 7.28. The van der Waals surface area contributed by atoms with Crippen LogP contribution in [0.4, 0.5) is 11.4 Å². The van der Waals surface area contributed by atoms with Gasteiger partial charge in [-0.25, -0.2) is 10.3 Å². The van der Waals surface area contributed by atoms with Crippen molar-refractivity contribution in [1.82, 2.24) is 5.43 Å². The van der Waals surface area contributed by atoms with Crippen molar-refractivity contribution in [3.63, 3.8) is 0 Å². The van der Waals surface area contributed by atoms with Gasteiger partial charge in [0.15, 0.2) is 0 Å². The lowest BCUT2D eigenvalue weighted by molar-refractivity contribution is -0.384. The Morgan fingerprint density at radius 2 is 1.64 bits per heavy atom. The normalized spacial score (nSPS) is 22.9. The van der Waals surface area contributed by atoms with Gasteiger partial charge in [-0.15, -0.1) is 0 Å². The van der Waals surface area contributed by atoms with E-state index in [2.05, 4.69) is 10.5 Å². The van der Waals surface area contributed by atoms with Gasteiger partial charge in [-0.2, -0.15) is 5.10 Å². The number of nitro groups is 1. The quantitative estimate of drug-likeness (QED) is 0.148. The molecule has 1 fully saturated rings. The van der Waals surface area contributed by atoms with Crippen LogP contribution < -0.4 is 15.1 Å². The van der Waals surface area contributed by atoms with Crippen molar-refractivity contribution in [3.8, 4) is 5.75 Å². The summed E-state index contributed by atoms with van der Waals surface area (Å²) < 4.78 is 5.23. The van der Waals surface area contributed by atoms with Crippen molar-refractivity contribution in [2.45, 2.75) is 18.3 Å². The largest absolute Gasteiger partial charge is 0.497 e. The van der Waals surface area contributed by atoms with E-state index in [0.717, 1.165) is 27.2 Å². The van der Waals surface area contributed by atoms with Crippen molar-refractivity contribution in [3.05, 3.63) is 134 Å². The number of nitrogens with zero attached hydrogens (tertiary/aromatic N) is 3. The Morgan fingerprint density at radius 3 is 2.30 bits per heavy atom. The summed E-state index contributed by atoms with van der Waals surface area (Å²) in [7, 11) is 1.51. The van der Waals surface area contributed by atoms with Crippen molar-refractivity contribution in [2.24, 2.45) is 16.9 Å². The molecule has 2 atom stereocenters. The summed E-state index contributed by atoms with van der Waals surface area (Å²) in [6.45, 7) is 1.71. The first-order valence-corrected chi connectivity index (χ1v) is 14.1. The fraction of sp³-hybridized carbons (Fsp3) is 0.176. The van der Waals surface area contributed by atoms with Crippen LogP contribution in [0.15, 0.2) is 96.1 Å². The molecule has 218 valence electrons. The zero-order valence-corrected chi connectivity index (χ0v) is 23.8. The molecule has 3 amide bonds. The molecule has 1 N–H and O–H groups in total. The van der Waals surface area contributed by atoms with Crippen molar-refractivity contribution < 1.29 is 24.0 Å². The van der Waals surface area contributed by atoms with E-state index in [1.165, 1.54) is 19.2 Å². The van der Waals surface area contributed by atoms with Crippen LogP contribution in [0.5, 0.6) is 5.75 Å². The van der Waals surface area contributed by atoms with Crippen LogP contribution in [0.25, 0.3) is 0 Å². The number of imide groups is 1. The molecule has 10 nitrogen and oxygen atoms in total. The van der Waals surface area contributed by atoms with Gasteiger partial charge in [0.1, 0.15) is 11.4 Å². The van der Waals surface area contributed by atoms with E-state index < -0.39 is 45.8 Å². The van der Waals surface area contributed by atoms with Gasteiger partial charge in [0.05, 0.1) is 29.3 Å². The van der Waals surface area contributed by atoms with Gasteiger partial charge in [0, 0.05) is 23.8 Å². The van der Waals surface area contributed by atoms with Gasteiger partial charge >= 0.3 is 0 Å². The maximum Gasteiger partial charge on any atom is 0.293 e. The smallest absolute Gasteiger partial charge is 0.293 e. The first-order valence-electron chi connectivity index (χ1n) is 14.1. The molecule has 8 rings (SSSR count). The number of methoxy groups -OCH3 is 1. The minimum absolute atomic E-state index is 0.0593. The van der Waals surface area contributed by atoms with Crippen LogP contribution in [0.1, 0.15) is 44.1 Å². The van der Waals surface area contributed by atoms with E-state index in [4.69, 9.17) is 4.74 Å². The van der Waals surface area contributed by atoms with E-state index in [1.807, 2.05) is 48.5 Å². The molecule has 0 aromatic heterocycles. The number of carbonyl (C=O) groups is 3. The Balaban J connectivity index is 1.40. The standard InChI is InChI=1S/C34H26N4O6/c1-19-14-15-26(27(16-19)38(42)43)37-32(40)29-28-22-10-3-5-12-24(22)34(30(29)33(37)41,25-13-6-4-11-23(25)28)18-35-36-31(39)20-8-7-9-21(17-20)44-2/h3-18,28-30H,1-2H3,(H,36,39)/b35-18-/t28?,29-,30+,34?/m1/s1. The highest BCUT2D eigenvalue weighted by Gasteiger charge is 2.68. The van der Waals surface area contributed by atoms with Crippen LogP contribution in [-0.4, -0.2) is 36.0 Å². The minimum atomic E-state index is -1.24. The van der Waals surface area contributed by atoms with Crippen LogP contribution >= 0.6 is 0 Å².